The summed E-state index contributed by atoms with van der Waals surface area (Å²) in [5.41, 5.74) is 5.67. The average molecular weight is 427 g/mol. The van der Waals surface area contributed by atoms with E-state index in [1.165, 1.54) is 31.0 Å². The highest BCUT2D eigenvalue weighted by atomic mass is 32.2. The second kappa shape index (κ2) is 6.87. The van der Waals surface area contributed by atoms with Gasteiger partial charge in [-0.2, -0.15) is 0 Å². The molecular formula is C24H30N2O3S. The maximum atomic E-state index is 12.6. The zero-order valence-corrected chi connectivity index (χ0v) is 18.8. The Kier molecular flexibility index (Phi) is 4.62. The number of allylic oxidation sites excluding steroid dienone is 3. The lowest BCUT2D eigenvalue weighted by Gasteiger charge is -2.39. The first-order valence-corrected chi connectivity index (χ1v) is 12.5. The van der Waals surface area contributed by atoms with Gasteiger partial charge in [0.1, 0.15) is 10.5 Å². The maximum Gasteiger partial charge on any atom is 0.242 e. The highest BCUT2D eigenvalue weighted by Gasteiger charge is 2.64. The normalized spacial score (nSPS) is 32.7. The third kappa shape index (κ3) is 3.12. The number of sulfonamides is 1. The van der Waals surface area contributed by atoms with Crippen molar-refractivity contribution in [3.8, 4) is 0 Å². The molecule has 1 aliphatic heterocycles. The Bertz CT molecular complexity index is 1070. The van der Waals surface area contributed by atoms with E-state index in [-0.39, 0.29) is 22.0 Å². The quantitative estimate of drug-likeness (QED) is 0.713. The largest absolute Gasteiger partial charge is 0.361 e. The molecule has 1 aromatic rings. The van der Waals surface area contributed by atoms with Gasteiger partial charge in [-0.25, -0.2) is 13.1 Å². The number of nitrogens with one attached hydrogen (secondary N) is 1. The summed E-state index contributed by atoms with van der Waals surface area (Å²) >= 11 is 0. The number of epoxide rings is 1. The van der Waals surface area contributed by atoms with E-state index in [1.54, 1.807) is 29.5 Å². The average Bonchev–Trinajstić information content (AvgIpc) is 3.32. The van der Waals surface area contributed by atoms with Crippen LogP contribution in [0.1, 0.15) is 52.9 Å². The molecule has 3 atom stereocenters. The van der Waals surface area contributed by atoms with Crippen molar-refractivity contribution in [1.29, 1.82) is 0 Å². The van der Waals surface area contributed by atoms with Crippen molar-refractivity contribution in [2.45, 2.75) is 69.5 Å². The molecule has 0 unspecified atom stereocenters. The lowest BCUT2D eigenvalue weighted by atomic mass is 9.64. The minimum atomic E-state index is -3.57. The van der Waals surface area contributed by atoms with Crippen molar-refractivity contribution in [2.24, 2.45) is 11.3 Å². The van der Waals surface area contributed by atoms with Crippen LogP contribution in [0.15, 0.2) is 63.9 Å². The molecule has 160 valence electrons. The van der Waals surface area contributed by atoms with E-state index in [0.717, 1.165) is 18.4 Å². The molecule has 4 aliphatic rings. The minimum Gasteiger partial charge on any atom is -0.361 e. The standard InChI is InChI=1S/C24H30N2O3S/c1-16(2)19-8-9-23(3)10-11-24-20(22(19)23)7-6-17(13-21(24)29-24)14-26-30(27,28)18-5-4-12-25-15-18/h4-7,12,15-16,21,26H,8-11,13-14H2,1-3H3/t21-,23+,24-/m0/s1. The van der Waals surface area contributed by atoms with Crippen molar-refractivity contribution in [3.63, 3.8) is 0 Å². The van der Waals surface area contributed by atoms with Gasteiger partial charge in [0.2, 0.25) is 10.0 Å². The fourth-order valence-electron chi connectivity index (χ4n) is 5.70. The summed E-state index contributed by atoms with van der Waals surface area (Å²) in [5, 5.41) is 0. The summed E-state index contributed by atoms with van der Waals surface area (Å²) in [6.45, 7) is 7.31. The number of aromatic nitrogens is 1. The van der Waals surface area contributed by atoms with Gasteiger partial charge >= 0.3 is 0 Å². The first kappa shape index (κ1) is 20.2. The van der Waals surface area contributed by atoms with Gasteiger partial charge in [0.05, 0.1) is 6.10 Å². The third-order valence-corrected chi connectivity index (χ3v) is 8.91. The molecule has 0 bridgehead atoms. The van der Waals surface area contributed by atoms with Crippen LogP contribution in [0.4, 0.5) is 0 Å². The maximum absolute atomic E-state index is 12.6. The molecule has 1 N–H and O–H groups in total. The van der Waals surface area contributed by atoms with Crippen LogP contribution in [0.2, 0.25) is 0 Å². The first-order valence-electron chi connectivity index (χ1n) is 11.0. The summed E-state index contributed by atoms with van der Waals surface area (Å²) in [5.74, 6) is 0.549. The van der Waals surface area contributed by atoms with Gasteiger partial charge in [-0.05, 0) is 66.7 Å². The van der Waals surface area contributed by atoms with E-state index in [1.807, 2.05) is 0 Å². The summed E-state index contributed by atoms with van der Waals surface area (Å²) in [7, 11) is -3.57. The van der Waals surface area contributed by atoms with Crippen LogP contribution in [0.3, 0.4) is 0 Å². The number of rotatable bonds is 5. The van der Waals surface area contributed by atoms with Crippen molar-refractivity contribution >= 4 is 10.0 Å². The van der Waals surface area contributed by atoms with Gasteiger partial charge in [-0.15, -0.1) is 0 Å². The Labute approximate surface area is 179 Å². The number of pyridine rings is 1. The minimum absolute atomic E-state index is 0.153. The lowest BCUT2D eigenvalue weighted by molar-refractivity contribution is 0.235. The van der Waals surface area contributed by atoms with Crippen molar-refractivity contribution in [3.05, 3.63) is 59.0 Å². The Morgan fingerprint density at radius 2 is 2.10 bits per heavy atom. The zero-order valence-electron chi connectivity index (χ0n) is 17.9. The molecule has 5 nitrogen and oxygen atoms in total. The highest BCUT2D eigenvalue weighted by Crippen LogP contribution is 2.65. The molecule has 0 aromatic carbocycles. The van der Waals surface area contributed by atoms with E-state index in [2.05, 4.69) is 42.6 Å². The zero-order chi connectivity index (χ0) is 21.1. The van der Waals surface area contributed by atoms with E-state index in [0.29, 0.717) is 12.5 Å². The molecular weight excluding hydrogens is 396 g/mol. The molecule has 1 saturated carbocycles. The van der Waals surface area contributed by atoms with Crippen LogP contribution in [-0.2, 0) is 14.8 Å². The third-order valence-electron chi connectivity index (χ3n) is 7.52. The Hall–Kier alpha value is -1.76. The van der Waals surface area contributed by atoms with E-state index >= 15 is 0 Å². The number of fused-ring (bicyclic) bond motifs is 2. The Morgan fingerprint density at radius 1 is 1.27 bits per heavy atom. The predicted molar refractivity (Wildman–Crippen MR) is 116 cm³/mol. The molecule has 6 heteroatoms. The van der Waals surface area contributed by atoms with Crippen LogP contribution in [0.5, 0.6) is 0 Å². The molecule has 2 heterocycles. The summed E-state index contributed by atoms with van der Waals surface area (Å²) < 4.78 is 34.2. The molecule has 2 fully saturated rings. The first-order chi connectivity index (χ1) is 14.3. The molecule has 1 aromatic heterocycles. The van der Waals surface area contributed by atoms with E-state index in [4.69, 9.17) is 4.74 Å². The molecule has 0 amide bonds. The number of hydrogen-bond acceptors (Lipinski definition) is 4. The Balaban J connectivity index is 1.43. The van der Waals surface area contributed by atoms with Crippen LogP contribution in [-0.4, -0.2) is 31.7 Å². The molecule has 5 rings (SSSR count). The van der Waals surface area contributed by atoms with E-state index < -0.39 is 10.0 Å². The number of ether oxygens (including phenoxy) is 1. The van der Waals surface area contributed by atoms with Gasteiger partial charge in [0, 0.05) is 18.9 Å². The lowest BCUT2D eigenvalue weighted by Crippen LogP contribution is -2.34. The van der Waals surface area contributed by atoms with Crippen LogP contribution < -0.4 is 4.72 Å². The molecule has 0 radical (unpaired) electrons. The number of hydrogen-bond donors (Lipinski definition) is 1. The Morgan fingerprint density at radius 3 is 2.83 bits per heavy atom. The number of nitrogens with zero attached hydrogens (tertiary/aromatic N) is 1. The fourth-order valence-corrected chi connectivity index (χ4v) is 6.70. The second-order valence-electron chi connectivity index (χ2n) is 9.73. The van der Waals surface area contributed by atoms with Gasteiger partial charge in [-0.1, -0.05) is 44.1 Å². The van der Waals surface area contributed by atoms with Crippen molar-refractivity contribution in [1.82, 2.24) is 9.71 Å². The van der Waals surface area contributed by atoms with Gasteiger partial charge in [-0.3, -0.25) is 4.98 Å². The molecule has 1 saturated heterocycles. The molecule has 1 spiro atoms. The monoisotopic (exact) mass is 426 g/mol. The summed E-state index contributed by atoms with van der Waals surface area (Å²) in [6, 6.07) is 3.20. The van der Waals surface area contributed by atoms with Crippen LogP contribution >= 0.6 is 0 Å². The SMILES string of the molecule is CC(C)C1=C2C3=CC=C(CNS(=O)(=O)c4cccnc4)C[C@@H]4O[C@@]34CC[C@@]2(C)CC1. The summed E-state index contributed by atoms with van der Waals surface area (Å²) in [6.07, 6.45) is 12.9. The second-order valence-corrected chi connectivity index (χ2v) is 11.5. The summed E-state index contributed by atoms with van der Waals surface area (Å²) in [4.78, 5) is 4.11. The molecule has 30 heavy (non-hydrogen) atoms. The highest BCUT2D eigenvalue weighted by molar-refractivity contribution is 7.89. The van der Waals surface area contributed by atoms with Crippen LogP contribution in [0.25, 0.3) is 0 Å². The van der Waals surface area contributed by atoms with Gasteiger partial charge < -0.3 is 4.74 Å². The van der Waals surface area contributed by atoms with Crippen molar-refractivity contribution in [2.75, 3.05) is 6.54 Å². The van der Waals surface area contributed by atoms with Crippen molar-refractivity contribution < 1.29 is 13.2 Å². The predicted octanol–water partition coefficient (Wildman–Crippen LogP) is 4.30. The van der Waals surface area contributed by atoms with E-state index in [9.17, 15) is 8.42 Å². The fraction of sp³-hybridized carbons (Fsp3) is 0.542. The molecule has 3 aliphatic carbocycles. The topological polar surface area (TPSA) is 71.6 Å². The smallest absolute Gasteiger partial charge is 0.242 e. The van der Waals surface area contributed by atoms with Gasteiger partial charge in [0.15, 0.2) is 0 Å². The van der Waals surface area contributed by atoms with Gasteiger partial charge in [0.25, 0.3) is 0 Å². The van der Waals surface area contributed by atoms with Crippen LogP contribution in [0, 0.1) is 11.3 Å².